The SMILES string of the molecule is O=C(CN1CCO[C@@H](c2cccc(-c3cccc(F)c3)n2)C1)N1CCCCC1. The van der Waals surface area contributed by atoms with Gasteiger partial charge in [0.2, 0.25) is 5.91 Å². The minimum absolute atomic E-state index is 0.184. The Balaban J connectivity index is 1.43. The van der Waals surface area contributed by atoms with Gasteiger partial charge in [-0.2, -0.15) is 0 Å². The molecule has 0 N–H and O–H groups in total. The molecular weight excluding hydrogens is 357 g/mol. The number of morpholine rings is 1. The Hall–Kier alpha value is -2.31. The first-order chi connectivity index (χ1) is 13.7. The molecule has 2 aliphatic heterocycles. The number of piperidine rings is 1. The van der Waals surface area contributed by atoms with Crippen LogP contribution in [-0.4, -0.2) is 60.0 Å². The molecule has 28 heavy (non-hydrogen) atoms. The van der Waals surface area contributed by atoms with E-state index in [1.54, 1.807) is 6.07 Å². The van der Waals surface area contributed by atoms with Crippen LogP contribution in [0.5, 0.6) is 0 Å². The standard InChI is InChI=1S/C22H26FN3O2/c23-18-7-4-6-17(14-18)19-8-5-9-20(24-19)21-15-25(12-13-28-21)16-22(27)26-10-2-1-3-11-26/h4-9,14,21H,1-3,10-13,15-16H2/t21-/m1/s1. The van der Waals surface area contributed by atoms with Crippen LogP contribution < -0.4 is 0 Å². The van der Waals surface area contributed by atoms with Crippen LogP contribution in [0.1, 0.15) is 31.1 Å². The number of benzene rings is 1. The normalized spacial score (nSPS) is 20.9. The molecule has 2 saturated heterocycles. The van der Waals surface area contributed by atoms with Crippen LogP contribution in [0, 0.1) is 5.82 Å². The van der Waals surface area contributed by atoms with Gasteiger partial charge in [-0.3, -0.25) is 14.7 Å². The summed E-state index contributed by atoms with van der Waals surface area (Å²) in [6, 6.07) is 12.2. The molecule has 2 fully saturated rings. The second kappa shape index (κ2) is 8.80. The van der Waals surface area contributed by atoms with Crippen LogP contribution >= 0.6 is 0 Å². The third-order valence-corrected chi connectivity index (χ3v) is 5.44. The number of hydrogen-bond donors (Lipinski definition) is 0. The van der Waals surface area contributed by atoms with Gasteiger partial charge >= 0.3 is 0 Å². The molecule has 1 aromatic heterocycles. The molecule has 3 heterocycles. The van der Waals surface area contributed by atoms with E-state index in [1.807, 2.05) is 29.2 Å². The molecule has 0 spiro atoms. The molecule has 5 nitrogen and oxygen atoms in total. The number of pyridine rings is 1. The van der Waals surface area contributed by atoms with E-state index in [0.29, 0.717) is 19.7 Å². The minimum Gasteiger partial charge on any atom is -0.369 e. The van der Waals surface area contributed by atoms with Gasteiger partial charge in [-0.1, -0.05) is 18.2 Å². The molecule has 1 aromatic carbocycles. The minimum atomic E-state index is -0.277. The fourth-order valence-corrected chi connectivity index (χ4v) is 3.90. The van der Waals surface area contributed by atoms with Gasteiger partial charge < -0.3 is 9.64 Å². The van der Waals surface area contributed by atoms with E-state index >= 15 is 0 Å². The molecule has 4 rings (SSSR count). The van der Waals surface area contributed by atoms with Gasteiger partial charge in [-0.15, -0.1) is 0 Å². The van der Waals surface area contributed by atoms with Crippen LogP contribution in [0.25, 0.3) is 11.3 Å². The molecule has 148 valence electrons. The highest BCUT2D eigenvalue weighted by molar-refractivity contribution is 5.78. The monoisotopic (exact) mass is 383 g/mol. The van der Waals surface area contributed by atoms with E-state index in [9.17, 15) is 9.18 Å². The van der Waals surface area contributed by atoms with Crippen molar-refractivity contribution in [1.82, 2.24) is 14.8 Å². The summed E-state index contributed by atoms with van der Waals surface area (Å²) in [4.78, 5) is 21.4. The first kappa shape index (κ1) is 19.0. The van der Waals surface area contributed by atoms with E-state index in [1.165, 1.54) is 18.6 Å². The second-order valence-electron chi connectivity index (χ2n) is 7.49. The average Bonchev–Trinajstić information content (AvgIpc) is 2.75. The Kier molecular flexibility index (Phi) is 5.98. The van der Waals surface area contributed by atoms with Crippen molar-refractivity contribution in [2.24, 2.45) is 0 Å². The van der Waals surface area contributed by atoms with Crippen LogP contribution in [0.4, 0.5) is 4.39 Å². The Bertz CT molecular complexity index is 823. The third-order valence-electron chi connectivity index (χ3n) is 5.44. The highest BCUT2D eigenvalue weighted by Gasteiger charge is 2.26. The van der Waals surface area contributed by atoms with E-state index in [0.717, 1.165) is 49.4 Å². The summed E-state index contributed by atoms with van der Waals surface area (Å²) < 4.78 is 19.5. The van der Waals surface area contributed by atoms with Crippen molar-refractivity contribution < 1.29 is 13.9 Å². The quantitative estimate of drug-likeness (QED) is 0.813. The van der Waals surface area contributed by atoms with Gasteiger partial charge in [0.05, 0.1) is 24.5 Å². The molecule has 0 saturated carbocycles. The Morgan fingerprint density at radius 1 is 1.11 bits per heavy atom. The lowest BCUT2D eigenvalue weighted by Gasteiger charge is -2.34. The van der Waals surface area contributed by atoms with Gasteiger partial charge in [0.15, 0.2) is 0 Å². The molecular formula is C22H26FN3O2. The summed E-state index contributed by atoms with van der Waals surface area (Å²) in [5, 5.41) is 0. The number of nitrogens with zero attached hydrogens (tertiary/aromatic N) is 3. The van der Waals surface area contributed by atoms with E-state index < -0.39 is 0 Å². The van der Waals surface area contributed by atoms with Gasteiger partial charge in [-0.25, -0.2) is 4.39 Å². The average molecular weight is 383 g/mol. The van der Waals surface area contributed by atoms with Crippen molar-refractivity contribution in [3.05, 3.63) is 54.0 Å². The fraction of sp³-hybridized carbons (Fsp3) is 0.455. The Labute approximate surface area is 165 Å². The summed E-state index contributed by atoms with van der Waals surface area (Å²) in [5.41, 5.74) is 2.29. The van der Waals surface area contributed by atoms with Crippen LogP contribution in [-0.2, 0) is 9.53 Å². The zero-order chi connectivity index (χ0) is 19.3. The van der Waals surface area contributed by atoms with Crippen molar-refractivity contribution in [3.63, 3.8) is 0 Å². The molecule has 0 aliphatic carbocycles. The largest absolute Gasteiger partial charge is 0.369 e. The van der Waals surface area contributed by atoms with E-state index in [-0.39, 0.29) is 17.8 Å². The van der Waals surface area contributed by atoms with Gasteiger partial charge in [0.1, 0.15) is 11.9 Å². The van der Waals surface area contributed by atoms with Gasteiger partial charge in [0, 0.05) is 31.7 Å². The summed E-state index contributed by atoms with van der Waals surface area (Å²) in [5.74, 6) is -0.0668. The number of hydrogen-bond acceptors (Lipinski definition) is 4. The highest BCUT2D eigenvalue weighted by Crippen LogP contribution is 2.24. The Morgan fingerprint density at radius 3 is 2.75 bits per heavy atom. The second-order valence-corrected chi connectivity index (χ2v) is 7.49. The van der Waals surface area contributed by atoms with Crippen LogP contribution in [0.2, 0.25) is 0 Å². The summed E-state index contributed by atoms with van der Waals surface area (Å²) in [7, 11) is 0. The molecule has 2 aromatic rings. The zero-order valence-corrected chi connectivity index (χ0v) is 16.0. The van der Waals surface area contributed by atoms with Crippen molar-refractivity contribution in [2.45, 2.75) is 25.4 Å². The third kappa shape index (κ3) is 4.56. The van der Waals surface area contributed by atoms with Crippen molar-refractivity contribution in [3.8, 4) is 11.3 Å². The van der Waals surface area contributed by atoms with Crippen molar-refractivity contribution >= 4 is 5.91 Å². The lowest BCUT2D eigenvalue weighted by atomic mass is 10.1. The van der Waals surface area contributed by atoms with Crippen molar-refractivity contribution in [2.75, 3.05) is 39.3 Å². The molecule has 2 aliphatic rings. The number of ether oxygens (including phenoxy) is 1. The maximum atomic E-state index is 13.5. The highest BCUT2D eigenvalue weighted by atomic mass is 19.1. The maximum Gasteiger partial charge on any atom is 0.236 e. The lowest BCUT2D eigenvalue weighted by molar-refractivity contribution is -0.135. The first-order valence-electron chi connectivity index (χ1n) is 10.0. The number of likely N-dealkylation sites (tertiary alicyclic amines) is 1. The fourth-order valence-electron chi connectivity index (χ4n) is 3.90. The molecule has 0 radical (unpaired) electrons. The van der Waals surface area contributed by atoms with Crippen LogP contribution in [0.15, 0.2) is 42.5 Å². The summed E-state index contributed by atoms with van der Waals surface area (Å²) in [6.07, 6.45) is 3.25. The summed E-state index contributed by atoms with van der Waals surface area (Å²) >= 11 is 0. The van der Waals surface area contributed by atoms with E-state index in [4.69, 9.17) is 9.72 Å². The predicted octanol–water partition coefficient (Wildman–Crippen LogP) is 3.27. The number of amides is 1. The molecule has 1 amide bonds. The summed E-state index contributed by atoms with van der Waals surface area (Å²) in [6.45, 7) is 4.15. The molecule has 6 heteroatoms. The molecule has 1 atom stereocenters. The zero-order valence-electron chi connectivity index (χ0n) is 16.0. The van der Waals surface area contributed by atoms with Crippen molar-refractivity contribution in [1.29, 1.82) is 0 Å². The smallest absolute Gasteiger partial charge is 0.236 e. The maximum absolute atomic E-state index is 13.5. The van der Waals surface area contributed by atoms with Gasteiger partial charge in [0.25, 0.3) is 0 Å². The van der Waals surface area contributed by atoms with E-state index in [2.05, 4.69) is 4.90 Å². The molecule has 0 bridgehead atoms. The van der Waals surface area contributed by atoms with Gasteiger partial charge in [-0.05, 0) is 43.5 Å². The number of rotatable bonds is 4. The lowest BCUT2D eigenvalue weighted by Crippen LogP contribution is -2.46. The topological polar surface area (TPSA) is 45.7 Å². The predicted molar refractivity (Wildman–Crippen MR) is 105 cm³/mol. The number of carbonyl (C=O) groups is 1. The number of carbonyl (C=O) groups excluding carboxylic acids is 1. The number of halogens is 1. The first-order valence-corrected chi connectivity index (χ1v) is 10.0. The number of aromatic nitrogens is 1. The molecule has 0 unspecified atom stereocenters. The van der Waals surface area contributed by atoms with Crippen LogP contribution in [0.3, 0.4) is 0 Å². The Morgan fingerprint density at radius 2 is 1.93 bits per heavy atom.